The standard InChI is InChI=1S/C30H48ClN3O5/c1-5-27(35)26(17-22-12-11-20(2)21(3)16-22)33-29(36)34-14-7-9-24(19-34)28(23-8-6-10-25(31)18-23)39-15-13-32-30(37)38-4/h6,8,10,18,20-22,24,26-28,35H,5,7,9,11-17,19H2,1-4H3,(H,32,37)(H,33,36)/t20?,21?,22?,24-,26+,27-,28+/m1/s1. The molecule has 9 heteroatoms. The molecule has 0 spiro atoms. The highest BCUT2D eigenvalue weighted by Crippen LogP contribution is 2.37. The number of urea groups is 1. The van der Waals surface area contributed by atoms with E-state index >= 15 is 0 Å². The minimum absolute atomic E-state index is 0.0660. The van der Waals surface area contributed by atoms with E-state index in [2.05, 4.69) is 29.2 Å². The van der Waals surface area contributed by atoms with Crippen LogP contribution in [0.1, 0.15) is 77.4 Å². The third kappa shape index (κ3) is 9.54. The Hall–Kier alpha value is -2.03. The molecule has 3 amide bonds. The fraction of sp³-hybridized carbons (Fsp3) is 0.733. The maximum Gasteiger partial charge on any atom is 0.406 e. The summed E-state index contributed by atoms with van der Waals surface area (Å²) in [6.45, 7) is 8.44. The number of alkyl carbamates (subject to hydrolysis) is 1. The largest absolute Gasteiger partial charge is 0.453 e. The second kappa shape index (κ2) is 15.7. The number of piperidine rings is 1. The van der Waals surface area contributed by atoms with Crippen LogP contribution in [0.5, 0.6) is 0 Å². The van der Waals surface area contributed by atoms with E-state index in [1.807, 2.05) is 36.1 Å². The summed E-state index contributed by atoms with van der Waals surface area (Å²) in [4.78, 5) is 26.8. The van der Waals surface area contributed by atoms with Crippen LogP contribution in [0, 0.1) is 23.7 Å². The molecular formula is C30H48ClN3O5. The van der Waals surface area contributed by atoms with Crippen LogP contribution in [0.25, 0.3) is 0 Å². The maximum atomic E-state index is 13.5. The van der Waals surface area contributed by atoms with Gasteiger partial charge in [-0.1, -0.05) is 57.3 Å². The van der Waals surface area contributed by atoms with Crippen molar-refractivity contribution in [1.82, 2.24) is 15.5 Å². The molecule has 2 fully saturated rings. The van der Waals surface area contributed by atoms with E-state index < -0.39 is 12.2 Å². The van der Waals surface area contributed by atoms with Crippen molar-refractivity contribution in [3.05, 3.63) is 34.9 Å². The molecule has 3 N–H and O–H groups in total. The fourth-order valence-electron chi connectivity index (χ4n) is 6.12. The Kier molecular flexibility index (Phi) is 12.7. The molecule has 8 nitrogen and oxygen atoms in total. The zero-order valence-corrected chi connectivity index (χ0v) is 24.8. The van der Waals surface area contributed by atoms with Gasteiger partial charge in [0.15, 0.2) is 0 Å². The van der Waals surface area contributed by atoms with Gasteiger partial charge in [-0.3, -0.25) is 0 Å². The Balaban J connectivity index is 1.65. The van der Waals surface area contributed by atoms with Crippen LogP contribution in [-0.4, -0.2) is 67.6 Å². The number of rotatable bonds is 11. The number of nitrogens with one attached hydrogen (secondary N) is 2. The predicted octanol–water partition coefficient (Wildman–Crippen LogP) is 5.78. The average Bonchev–Trinajstić information content (AvgIpc) is 2.94. The SMILES string of the molecule is CC[C@@H](O)[C@H](CC1CCC(C)C(C)C1)NC(=O)N1CCC[C@@H]([C@@H](OCCNC(=O)OC)c2cccc(Cl)c2)C1. The molecule has 1 aromatic rings. The summed E-state index contributed by atoms with van der Waals surface area (Å²) in [5, 5.41) is 17.3. The van der Waals surface area contributed by atoms with Crippen molar-refractivity contribution >= 4 is 23.7 Å². The molecule has 1 aromatic carbocycles. The zero-order chi connectivity index (χ0) is 28.4. The Labute approximate surface area is 239 Å². The number of methoxy groups -OCH3 is 1. The van der Waals surface area contributed by atoms with E-state index in [9.17, 15) is 14.7 Å². The van der Waals surface area contributed by atoms with Gasteiger partial charge in [-0.2, -0.15) is 0 Å². The van der Waals surface area contributed by atoms with E-state index in [0.29, 0.717) is 49.5 Å². The summed E-state index contributed by atoms with van der Waals surface area (Å²) in [7, 11) is 1.33. The molecule has 220 valence electrons. The van der Waals surface area contributed by atoms with Crippen molar-refractivity contribution in [3.8, 4) is 0 Å². The lowest BCUT2D eigenvalue weighted by Gasteiger charge is -2.39. The molecule has 7 atom stereocenters. The van der Waals surface area contributed by atoms with Crippen LogP contribution in [-0.2, 0) is 9.47 Å². The molecule has 0 bridgehead atoms. The molecule has 1 heterocycles. The van der Waals surface area contributed by atoms with E-state index in [1.54, 1.807) is 0 Å². The Morgan fingerprint density at radius 2 is 2.00 bits per heavy atom. The number of ether oxygens (including phenoxy) is 2. The first-order valence-corrected chi connectivity index (χ1v) is 15.0. The van der Waals surface area contributed by atoms with Gasteiger partial charge in [0, 0.05) is 30.6 Å². The molecule has 3 rings (SSSR count). The van der Waals surface area contributed by atoms with Gasteiger partial charge in [-0.05, 0) is 67.6 Å². The molecule has 1 saturated heterocycles. The summed E-state index contributed by atoms with van der Waals surface area (Å²) >= 11 is 6.30. The van der Waals surface area contributed by atoms with Crippen LogP contribution in [0.2, 0.25) is 5.02 Å². The fourth-order valence-corrected chi connectivity index (χ4v) is 6.32. The van der Waals surface area contributed by atoms with Gasteiger partial charge in [0.25, 0.3) is 0 Å². The second-order valence-electron chi connectivity index (χ2n) is 11.5. The molecule has 2 aliphatic rings. The normalized spacial score (nSPS) is 25.8. The zero-order valence-electron chi connectivity index (χ0n) is 24.0. The summed E-state index contributed by atoms with van der Waals surface area (Å²) in [6, 6.07) is 7.25. The second-order valence-corrected chi connectivity index (χ2v) is 12.0. The number of likely N-dealkylation sites (tertiary alicyclic amines) is 1. The quantitative estimate of drug-likeness (QED) is 0.295. The van der Waals surface area contributed by atoms with Crippen LogP contribution in [0.3, 0.4) is 0 Å². The van der Waals surface area contributed by atoms with Gasteiger partial charge >= 0.3 is 12.1 Å². The van der Waals surface area contributed by atoms with Gasteiger partial charge in [0.2, 0.25) is 0 Å². The van der Waals surface area contributed by atoms with E-state index in [1.165, 1.54) is 13.5 Å². The van der Waals surface area contributed by atoms with Crippen molar-refractivity contribution in [3.63, 3.8) is 0 Å². The van der Waals surface area contributed by atoms with Crippen LogP contribution >= 0.6 is 11.6 Å². The first-order chi connectivity index (χ1) is 18.7. The van der Waals surface area contributed by atoms with E-state index in [0.717, 1.165) is 43.6 Å². The summed E-state index contributed by atoms with van der Waals surface area (Å²) in [5.74, 6) is 2.00. The summed E-state index contributed by atoms with van der Waals surface area (Å²) in [6.07, 6.45) is 5.37. The van der Waals surface area contributed by atoms with Crippen LogP contribution in [0.15, 0.2) is 24.3 Å². The Morgan fingerprint density at radius 1 is 1.21 bits per heavy atom. The first-order valence-electron chi connectivity index (χ1n) is 14.6. The number of benzene rings is 1. The average molecular weight is 566 g/mol. The molecule has 0 radical (unpaired) electrons. The van der Waals surface area contributed by atoms with Gasteiger partial charge in [-0.15, -0.1) is 0 Å². The van der Waals surface area contributed by atoms with Gasteiger partial charge in [-0.25, -0.2) is 9.59 Å². The van der Waals surface area contributed by atoms with E-state index in [-0.39, 0.29) is 24.1 Å². The van der Waals surface area contributed by atoms with Crippen molar-refractivity contribution in [2.45, 2.75) is 84.0 Å². The monoisotopic (exact) mass is 565 g/mol. The third-order valence-corrected chi connectivity index (χ3v) is 8.93. The Bertz CT molecular complexity index is 918. The maximum absolute atomic E-state index is 13.5. The van der Waals surface area contributed by atoms with Gasteiger partial charge < -0.3 is 30.1 Å². The van der Waals surface area contributed by atoms with Crippen molar-refractivity contribution in [1.29, 1.82) is 0 Å². The van der Waals surface area contributed by atoms with Crippen molar-refractivity contribution < 1.29 is 24.2 Å². The summed E-state index contributed by atoms with van der Waals surface area (Å²) < 4.78 is 10.9. The molecule has 1 aliphatic carbocycles. The van der Waals surface area contributed by atoms with Crippen LogP contribution in [0.4, 0.5) is 9.59 Å². The number of amides is 3. The lowest BCUT2D eigenvalue weighted by Crippen LogP contribution is -2.53. The molecule has 3 unspecified atom stereocenters. The highest BCUT2D eigenvalue weighted by Gasteiger charge is 2.34. The number of hydrogen-bond acceptors (Lipinski definition) is 5. The topological polar surface area (TPSA) is 100 Å². The number of nitrogens with zero attached hydrogens (tertiary/aromatic N) is 1. The summed E-state index contributed by atoms with van der Waals surface area (Å²) in [5.41, 5.74) is 0.952. The Morgan fingerprint density at radius 3 is 2.69 bits per heavy atom. The number of halogens is 1. The first kappa shape index (κ1) is 31.5. The van der Waals surface area contributed by atoms with Gasteiger partial charge in [0.05, 0.1) is 32.0 Å². The molecule has 39 heavy (non-hydrogen) atoms. The number of hydrogen-bond donors (Lipinski definition) is 3. The molecule has 0 aromatic heterocycles. The number of carbonyl (C=O) groups excluding carboxylic acids is 2. The van der Waals surface area contributed by atoms with Crippen LogP contribution < -0.4 is 10.6 Å². The van der Waals surface area contributed by atoms with Crippen molar-refractivity contribution in [2.24, 2.45) is 23.7 Å². The van der Waals surface area contributed by atoms with Crippen molar-refractivity contribution in [2.75, 3.05) is 33.4 Å². The highest BCUT2D eigenvalue weighted by atomic mass is 35.5. The number of aliphatic hydroxyl groups excluding tert-OH is 1. The third-order valence-electron chi connectivity index (χ3n) is 8.69. The van der Waals surface area contributed by atoms with E-state index in [4.69, 9.17) is 16.3 Å². The minimum atomic E-state index is -0.561. The number of carbonyl (C=O) groups is 2. The lowest BCUT2D eigenvalue weighted by atomic mass is 9.73. The molecule has 1 aliphatic heterocycles. The smallest absolute Gasteiger partial charge is 0.406 e. The minimum Gasteiger partial charge on any atom is -0.453 e. The number of aliphatic hydroxyl groups is 1. The highest BCUT2D eigenvalue weighted by molar-refractivity contribution is 6.30. The predicted molar refractivity (Wildman–Crippen MR) is 154 cm³/mol. The van der Waals surface area contributed by atoms with Gasteiger partial charge in [0.1, 0.15) is 0 Å². The molecule has 1 saturated carbocycles. The molecular weight excluding hydrogens is 518 g/mol. The lowest BCUT2D eigenvalue weighted by molar-refractivity contribution is -0.00910.